The van der Waals surface area contributed by atoms with Crippen molar-refractivity contribution < 1.29 is 14.3 Å². The topological polar surface area (TPSA) is 43.4 Å². The van der Waals surface area contributed by atoms with E-state index in [0.29, 0.717) is 31.3 Å². The summed E-state index contributed by atoms with van der Waals surface area (Å²) in [6.07, 6.45) is 23.4. The summed E-state index contributed by atoms with van der Waals surface area (Å²) in [6.45, 7) is 6.83. The average molecular weight is 475 g/mol. The lowest BCUT2D eigenvalue weighted by Gasteiger charge is -2.42. The first-order chi connectivity index (χ1) is 16.5. The van der Waals surface area contributed by atoms with Crippen molar-refractivity contribution in [1.29, 1.82) is 0 Å². The quantitative estimate of drug-likeness (QED) is 0.161. The molecule has 0 saturated heterocycles. The summed E-state index contributed by atoms with van der Waals surface area (Å²) in [7, 11) is 0. The molecule has 3 aliphatic carbocycles. The summed E-state index contributed by atoms with van der Waals surface area (Å²) < 4.78 is 5.57. The Morgan fingerprint density at radius 1 is 0.765 bits per heavy atom. The molecule has 0 aromatic carbocycles. The van der Waals surface area contributed by atoms with Gasteiger partial charge in [0.1, 0.15) is 11.2 Å². The molecule has 3 heteroatoms. The zero-order valence-corrected chi connectivity index (χ0v) is 22.8. The second-order valence-corrected chi connectivity index (χ2v) is 12.4. The molecule has 0 bridgehead atoms. The fourth-order valence-electron chi connectivity index (χ4n) is 7.36. The molecule has 3 fully saturated rings. The number of carbonyl (C=O) groups is 2. The van der Waals surface area contributed by atoms with Crippen LogP contribution in [0, 0.1) is 35.0 Å². The molecule has 3 saturated carbocycles. The van der Waals surface area contributed by atoms with Gasteiger partial charge in [-0.3, -0.25) is 9.59 Å². The predicted octanol–water partition coefficient (Wildman–Crippen LogP) is 8.68. The fraction of sp³-hybridized carbons (Fsp3) is 0.935. The first kappa shape index (κ1) is 27.7. The Morgan fingerprint density at radius 3 is 1.91 bits per heavy atom. The SMILES string of the molecule is CCCCCCCOC(=O)[C@@]1(C)CCC(C2CCC(C3CCC(CCCC)CC3)CC2)CC1=O. The van der Waals surface area contributed by atoms with Gasteiger partial charge in [0.25, 0.3) is 0 Å². The van der Waals surface area contributed by atoms with Crippen molar-refractivity contribution in [2.75, 3.05) is 6.61 Å². The Hall–Kier alpha value is -0.860. The second kappa shape index (κ2) is 14.0. The van der Waals surface area contributed by atoms with E-state index in [9.17, 15) is 9.59 Å². The highest BCUT2D eigenvalue weighted by molar-refractivity contribution is 6.04. The molecule has 0 heterocycles. The number of ether oxygens (including phenoxy) is 1. The minimum absolute atomic E-state index is 0.146. The van der Waals surface area contributed by atoms with E-state index in [4.69, 9.17) is 4.74 Å². The van der Waals surface area contributed by atoms with Crippen molar-refractivity contribution in [2.45, 2.75) is 143 Å². The van der Waals surface area contributed by atoms with Crippen LogP contribution in [0.5, 0.6) is 0 Å². The summed E-state index contributed by atoms with van der Waals surface area (Å²) in [5.74, 6) is 3.97. The Morgan fingerprint density at radius 2 is 1.32 bits per heavy atom. The van der Waals surface area contributed by atoms with E-state index in [0.717, 1.165) is 37.0 Å². The number of unbranched alkanes of at least 4 members (excludes halogenated alkanes) is 5. The standard InChI is InChI=1S/C31H54O3/c1-4-6-8-9-10-22-34-30(33)31(3)21-20-28(23-29(31)32)27-18-16-26(17-19-27)25-14-12-24(13-15-25)11-7-5-2/h24-28H,4-23H2,1-3H3/t24?,25?,26?,27?,28?,31-/m0/s1. The van der Waals surface area contributed by atoms with Crippen molar-refractivity contribution in [1.82, 2.24) is 0 Å². The van der Waals surface area contributed by atoms with Crippen LogP contribution in [0.4, 0.5) is 0 Å². The van der Waals surface area contributed by atoms with E-state index in [-0.39, 0.29) is 11.8 Å². The Kier molecular flexibility index (Phi) is 11.4. The van der Waals surface area contributed by atoms with E-state index in [2.05, 4.69) is 13.8 Å². The molecule has 0 aromatic rings. The third-order valence-electron chi connectivity index (χ3n) is 10.0. The van der Waals surface area contributed by atoms with Gasteiger partial charge in [0, 0.05) is 6.42 Å². The molecule has 2 atom stereocenters. The van der Waals surface area contributed by atoms with Gasteiger partial charge in [-0.2, -0.15) is 0 Å². The van der Waals surface area contributed by atoms with Crippen LogP contribution in [0.2, 0.25) is 0 Å². The molecule has 0 aliphatic heterocycles. The molecule has 3 rings (SSSR count). The third-order valence-corrected chi connectivity index (χ3v) is 10.0. The lowest BCUT2D eigenvalue weighted by Crippen LogP contribution is -2.44. The molecule has 1 unspecified atom stereocenters. The van der Waals surface area contributed by atoms with Crippen molar-refractivity contribution in [3.63, 3.8) is 0 Å². The highest BCUT2D eigenvalue weighted by Gasteiger charge is 2.47. The van der Waals surface area contributed by atoms with Gasteiger partial charge >= 0.3 is 5.97 Å². The highest BCUT2D eigenvalue weighted by Crippen LogP contribution is 2.47. The first-order valence-electron chi connectivity index (χ1n) is 15.2. The number of hydrogen-bond donors (Lipinski definition) is 0. The van der Waals surface area contributed by atoms with Crippen LogP contribution in [0.1, 0.15) is 143 Å². The van der Waals surface area contributed by atoms with Crippen LogP contribution >= 0.6 is 0 Å². The van der Waals surface area contributed by atoms with Gasteiger partial charge in [0.05, 0.1) is 6.61 Å². The maximum absolute atomic E-state index is 13.1. The first-order valence-corrected chi connectivity index (χ1v) is 15.2. The summed E-state index contributed by atoms with van der Waals surface area (Å²) in [4.78, 5) is 25.9. The van der Waals surface area contributed by atoms with Crippen LogP contribution in [0.25, 0.3) is 0 Å². The molecule has 0 amide bonds. The summed E-state index contributed by atoms with van der Waals surface area (Å²) in [6, 6.07) is 0. The molecule has 0 spiro atoms. The zero-order valence-electron chi connectivity index (χ0n) is 22.8. The lowest BCUT2D eigenvalue weighted by molar-refractivity contribution is -0.162. The zero-order chi connectivity index (χ0) is 24.4. The molecule has 34 heavy (non-hydrogen) atoms. The van der Waals surface area contributed by atoms with Crippen molar-refractivity contribution in [2.24, 2.45) is 35.0 Å². The Bertz CT molecular complexity index is 612. The Labute approximate surface area is 210 Å². The fourth-order valence-corrected chi connectivity index (χ4v) is 7.36. The number of hydrogen-bond acceptors (Lipinski definition) is 3. The number of esters is 1. The van der Waals surface area contributed by atoms with Gasteiger partial charge in [0.15, 0.2) is 0 Å². The Balaban J connectivity index is 1.36. The summed E-state index contributed by atoms with van der Waals surface area (Å²) >= 11 is 0. The predicted molar refractivity (Wildman–Crippen MR) is 141 cm³/mol. The molecule has 196 valence electrons. The minimum Gasteiger partial charge on any atom is -0.465 e. The molecular formula is C31H54O3. The van der Waals surface area contributed by atoms with Crippen molar-refractivity contribution in [3.8, 4) is 0 Å². The molecule has 0 aromatic heterocycles. The van der Waals surface area contributed by atoms with E-state index in [1.165, 1.54) is 89.9 Å². The summed E-state index contributed by atoms with van der Waals surface area (Å²) in [5, 5.41) is 0. The number of carbonyl (C=O) groups excluding carboxylic acids is 2. The molecule has 0 radical (unpaired) electrons. The monoisotopic (exact) mass is 474 g/mol. The van der Waals surface area contributed by atoms with Gasteiger partial charge in [-0.15, -0.1) is 0 Å². The van der Waals surface area contributed by atoms with Gasteiger partial charge in [-0.1, -0.05) is 71.6 Å². The van der Waals surface area contributed by atoms with E-state index >= 15 is 0 Å². The van der Waals surface area contributed by atoms with E-state index in [1.54, 1.807) is 0 Å². The second-order valence-electron chi connectivity index (χ2n) is 12.4. The van der Waals surface area contributed by atoms with Gasteiger partial charge in [-0.25, -0.2) is 0 Å². The van der Waals surface area contributed by atoms with Gasteiger partial charge < -0.3 is 4.74 Å². The smallest absolute Gasteiger partial charge is 0.319 e. The van der Waals surface area contributed by atoms with Crippen molar-refractivity contribution >= 4 is 11.8 Å². The van der Waals surface area contributed by atoms with E-state index < -0.39 is 5.41 Å². The molecule has 0 N–H and O–H groups in total. The highest BCUT2D eigenvalue weighted by atomic mass is 16.5. The number of rotatable bonds is 12. The molecule has 3 aliphatic rings. The molecular weight excluding hydrogens is 420 g/mol. The van der Waals surface area contributed by atoms with Crippen LogP contribution in [-0.2, 0) is 14.3 Å². The lowest BCUT2D eigenvalue weighted by atomic mass is 9.62. The van der Waals surface area contributed by atoms with Crippen LogP contribution < -0.4 is 0 Å². The largest absolute Gasteiger partial charge is 0.465 e. The molecule has 3 nitrogen and oxygen atoms in total. The van der Waals surface area contributed by atoms with Crippen LogP contribution in [0.15, 0.2) is 0 Å². The van der Waals surface area contributed by atoms with Gasteiger partial charge in [0.2, 0.25) is 0 Å². The third kappa shape index (κ3) is 7.57. The van der Waals surface area contributed by atoms with Crippen LogP contribution in [0.3, 0.4) is 0 Å². The van der Waals surface area contributed by atoms with Gasteiger partial charge in [-0.05, 0) is 94.3 Å². The number of ketones is 1. The normalized spacial score (nSPS) is 34.7. The maximum atomic E-state index is 13.1. The van der Waals surface area contributed by atoms with Crippen molar-refractivity contribution in [3.05, 3.63) is 0 Å². The maximum Gasteiger partial charge on any atom is 0.319 e. The number of Topliss-reactive ketones (excluding diaryl/α,β-unsaturated/α-hetero) is 1. The average Bonchev–Trinajstić information content (AvgIpc) is 2.87. The van der Waals surface area contributed by atoms with E-state index in [1.807, 2.05) is 6.92 Å². The minimum atomic E-state index is -0.895. The van der Waals surface area contributed by atoms with Crippen LogP contribution in [-0.4, -0.2) is 18.4 Å². The summed E-state index contributed by atoms with van der Waals surface area (Å²) in [5.41, 5.74) is -0.895.